The van der Waals surface area contributed by atoms with Gasteiger partial charge in [0.1, 0.15) is 0 Å². The summed E-state index contributed by atoms with van der Waals surface area (Å²) in [5, 5.41) is 16.5. The highest BCUT2D eigenvalue weighted by Crippen LogP contribution is 2.50. The summed E-state index contributed by atoms with van der Waals surface area (Å²) in [6.45, 7) is 0. The molecule has 410 valence electrons. The number of hydrogen-bond donors (Lipinski definition) is 0. The zero-order valence-corrected chi connectivity index (χ0v) is 49.0. The largest absolute Gasteiger partial charge is 0.308 e. The second-order valence-electron chi connectivity index (χ2n) is 22.5. The Bertz CT molecular complexity index is 5940. The fourth-order valence-corrected chi connectivity index (χ4v) is 16.3. The molecule has 0 aliphatic heterocycles. The molecule has 6 heterocycles. The molecule has 6 aromatic heterocycles. The Morgan fingerprint density at radius 1 is 0.261 bits per heavy atom. The third kappa shape index (κ3) is 7.88. The van der Waals surface area contributed by atoms with E-state index in [2.05, 4.69) is 300 Å². The third-order valence-electron chi connectivity index (χ3n) is 17.5. The van der Waals surface area contributed by atoms with Gasteiger partial charge >= 0.3 is 0 Å². The number of pyridine rings is 1. The lowest BCUT2D eigenvalue weighted by Gasteiger charge is -2.13. The SMILES string of the molecule is c1ccc(-c2cc(-c3cccc(-n4c5ccccc5c5c6ccccc6c6c7ccccc7sc6c54)c3)cc(-c3ccccc3)n2)cc1.c1ccc(-c2nc(-n3c4ccccc4c4c5ccccc5c5c6ccccc6sc5c43)nc3ccccc23)cc1. The second kappa shape index (κ2) is 20.3. The summed E-state index contributed by atoms with van der Waals surface area (Å²) in [7, 11) is 0. The molecular formula is C81H49N5S2. The number of rotatable bonds is 6. The molecular weight excluding hydrogens is 1110 g/mol. The van der Waals surface area contributed by atoms with Crippen LogP contribution >= 0.6 is 22.7 Å². The number of fused-ring (bicyclic) bond motifs is 21. The van der Waals surface area contributed by atoms with E-state index >= 15 is 0 Å². The third-order valence-corrected chi connectivity index (χ3v) is 19.9. The topological polar surface area (TPSA) is 48.5 Å². The molecule has 7 heteroatoms. The molecule has 0 spiro atoms. The van der Waals surface area contributed by atoms with E-state index in [9.17, 15) is 0 Å². The van der Waals surface area contributed by atoms with Crippen LogP contribution < -0.4 is 0 Å². The Kier molecular flexibility index (Phi) is 11.6. The molecule has 0 bridgehead atoms. The summed E-state index contributed by atoms with van der Waals surface area (Å²) in [5.74, 6) is 0.692. The van der Waals surface area contributed by atoms with Gasteiger partial charge in [0.05, 0.1) is 54.1 Å². The first-order chi connectivity index (χ1) is 43.7. The lowest BCUT2D eigenvalue weighted by Crippen LogP contribution is -2.03. The van der Waals surface area contributed by atoms with Gasteiger partial charge < -0.3 is 4.57 Å². The van der Waals surface area contributed by atoms with Crippen LogP contribution in [0.5, 0.6) is 0 Å². The van der Waals surface area contributed by atoms with E-state index in [-0.39, 0.29) is 0 Å². The average Bonchev–Trinajstić information content (AvgIpc) is 1.71. The highest BCUT2D eigenvalue weighted by atomic mass is 32.1. The van der Waals surface area contributed by atoms with Crippen molar-refractivity contribution in [3.8, 4) is 56.5 Å². The maximum absolute atomic E-state index is 5.31. The van der Waals surface area contributed by atoms with E-state index in [1.54, 1.807) is 0 Å². The summed E-state index contributed by atoms with van der Waals surface area (Å²) in [5.41, 5.74) is 15.3. The van der Waals surface area contributed by atoms with Crippen LogP contribution in [-0.4, -0.2) is 24.1 Å². The Morgan fingerprint density at radius 2 is 0.670 bits per heavy atom. The molecule has 0 N–H and O–H groups in total. The number of para-hydroxylation sites is 3. The van der Waals surface area contributed by atoms with Crippen molar-refractivity contribution in [3.63, 3.8) is 0 Å². The number of hydrogen-bond acceptors (Lipinski definition) is 5. The van der Waals surface area contributed by atoms with Crippen molar-refractivity contribution < 1.29 is 0 Å². The normalized spacial score (nSPS) is 11.9. The van der Waals surface area contributed by atoms with Crippen molar-refractivity contribution in [2.75, 3.05) is 0 Å². The molecule has 13 aromatic carbocycles. The maximum atomic E-state index is 5.31. The van der Waals surface area contributed by atoms with Gasteiger partial charge in [0.2, 0.25) is 5.95 Å². The zero-order valence-electron chi connectivity index (χ0n) is 47.3. The number of thiophene rings is 2. The van der Waals surface area contributed by atoms with E-state index in [1.165, 1.54) is 100.0 Å². The monoisotopic (exact) mass is 1160 g/mol. The van der Waals surface area contributed by atoms with Crippen molar-refractivity contribution >= 4 is 139 Å². The zero-order chi connectivity index (χ0) is 57.8. The second-order valence-corrected chi connectivity index (χ2v) is 24.6. The first-order valence-electron chi connectivity index (χ1n) is 29.7. The smallest absolute Gasteiger partial charge is 0.235 e. The Hall–Kier alpha value is -11.1. The van der Waals surface area contributed by atoms with Crippen LogP contribution in [0.1, 0.15) is 0 Å². The minimum Gasteiger partial charge on any atom is -0.308 e. The van der Waals surface area contributed by atoms with Crippen LogP contribution in [0.15, 0.2) is 297 Å². The summed E-state index contributed by atoms with van der Waals surface area (Å²) in [6.07, 6.45) is 0. The quantitative estimate of drug-likeness (QED) is 0.167. The molecule has 19 rings (SSSR count). The van der Waals surface area contributed by atoms with E-state index in [0.29, 0.717) is 5.95 Å². The highest BCUT2D eigenvalue weighted by Gasteiger charge is 2.25. The van der Waals surface area contributed by atoms with Crippen LogP contribution in [-0.2, 0) is 0 Å². The summed E-state index contributed by atoms with van der Waals surface area (Å²) in [4.78, 5) is 15.6. The van der Waals surface area contributed by atoms with Gasteiger partial charge in [0.25, 0.3) is 0 Å². The van der Waals surface area contributed by atoms with Gasteiger partial charge in [0.15, 0.2) is 0 Å². The van der Waals surface area contributed by atoms with Crippen molar-refractivity contribution in [3.05, 3.63) is 297 Å². The fraction of sp³-hybridized carbons (Fsp3) is 0. The van der Waals surface area contributed by atoms with E-state index in [4.69, 9.17) is 15.0 Å². The van der Waals surface area contributed by atoms with Gasteiger partial charge in [-0.1, -0.05) is 243 Å². The number of nitrogens with zero attached hydrogens (tertiary/aromatic N) is 5. The molecule has 0 amide bonds. The van der Waals surface area contributed by atoms with Crippen molar-refractivity contribution in [2.24, 2.45) is 0 Å². The molecule has 0 atom stereocenters. The Balaban J connectivity index is 0.000000134. The van der Waals surface area contributed by atoms with Crippen LogP contribution in [0, 0.1) is 0 Å². The lowest BCUT2D eigenvalue weighted by molar-refractivity contribution is 1.02. The predicted molar refractivity (Wildman–Crippen MR) is 375 cm³/mol. The summed E-state index contributed by atoms with van der Waals surface area (Å²) < 4.78 is 9.99. The van der Waals surface area contributed by atoms with Gasteiger partial charge in [-0.15, -0.1) is 22.7 Å². The van der Waals surface area contributed by atoms with Crippen LogP contribution in [0.3, 0.4) is 0 Å². The predicted octanol–water partition coefficient (Wildman–Crippen LogP) is 22.6. The van der Waals surface area contributed by atoms with E-state index in [1.807, 2.05) is 28.7 Å². The van der Waals surface area contributed by atoms with Gasteiger partial charge in [-0.05, 0) is 87.3 Å². The Morgan fingerprint density at radius 3 is 1.22 bits per heavy atom. The first kappa shape index (κ1) is 50.3. The van der Waals surface area contributed by atoms with Crippen LogP contribution in [0.4, 0.5) is 0 Å². The van der Waals surface area contributed by atoms with Crippen molar-refractivity contribution in [2.45, 2.75) is 0 Å². The molecule has 0 aliphatic carbocycles. The minimum atomic E-state index is 0.692. The molecule has 19 aromatic rings. The van der Waals surface area contributed by atoms with Gasteiger partial charge in [-0.2, -0.15) is 0 Å². The standard InChI is InChI=1S/C45H28N2S.C36H21N3S/c1-3-14-29(15-4-1)38-27-32(28-39(46-38)30-16-5-2-6-17-30)31-18-13-19-33(26-31)47-40-24-11-9-22-36(40)42-34-20-7-8-21-35(34)43-37-23-10-12-25-41(37)48-45(43)44(42)47;1-2-12-22(13-3-1)33-25-16-6-9-19-28(25)37-36(38-33)39-29-20-10-7-17-26(29)31-23-14-4-5-15-24(23)32-27-18-8-11-21-30(27)40-35(32)34(31)39/h1-28H;1-21H. The summed E-state index contributed by atoms with van der Waals surface area (Å²) >= 11 is 3.76. The molecule has 0 unspecified atom stereocenters. The Labute approximate surface area is 513 Å². The molecule has 88 heavy (non-hydrogen) atoms. The highest BCUT2D eigenvalue weighted by molar-refractivity contribution is 7.27. The van der Waals surface area contributed by atoms with Crippen molar-refractivity contribution in [1.29, 1.82) is 0 Å². The van der Waals surface area contributed by atoms with Crippen LogP contribution in [0.25, 0.3) is 173 Å². The molecule has 0 radical (unpaired) electrons. The lowest BCUT2D eigenvalue weighted by atomic mass is 9.99. The van der Waals surface area contributed by atoms with E-state index < -0.39 is 0 Å². The van der Waals surface area contributed by atoms with E-state index in [0.717, 1.165) is 67.0 Å². The fourth-order valence-electron chi connectivity index (χ4n) is 13.7. The molecule has 0 aliphatic rings. The molecule has 0 saturated heterocycles. The molecule has 0 fully saturated rings. The van der Waals surface area contributed by atoms with Crippen LogP contribution in [0.2, 0.25) is 0 Å². The average molecular weight is 1160 g/mol. The van der Waals surface area contributed by atoms with Gasteiger partial charge in [-0.25, -0.2) is 15.0 Å². The number of benzene rings is 13. The van der Waals surface area contributed by atoms with Gasteiger partial charge in [-0.3, -0.25) is 4.57 Å². The minimum absolute atomic E-state index is 0.692. The van der Waals surface area contributed by atoms with Gasteiger partial charge in [0, 0.05) is 80.3 Å². The number of aromatic nitrogens is 5. The summed E-state index contributed by atoms with van der Waals surface area (Å²) in [6, 6.07) is 106. The maximum Gasteiger partial charge on any atom is 0.235 e. The molecule has 5 nitrogen and oxygen atoms in total. The first-order valence-corrected chi connectivity index (χ1v) is 31.4. The van der Waals surface area contributed by atoms with Crippen molar-refractivity contribution in [1.82, 2.24) is 24.1 Å². The molecule has 0 saturated carbocycles.